The van der Waals surface area contributed by atoms with Gasteiger partial charge in [-0.1, -0.05) is 35.9 Å². The van der Waals surface area contributed by atoms with Gasteiger partial charge in [-0.2, -0.15) is 0 Å². The second-order valence-corrected chi connectivity index (χ2v) is 7.35. The SMILES string of the molecule is O=C1NC(=O)C(Cc2ccc(NC(=O)[C@H]3C[C@@H]3c3cccc(Cl)c3)cc2)N1. The van der Waals surface area contributed by atoms with Gasteiger partial charge < -0.3 is 10.6 Å². The number of anilines is 1. The topological polar surface area (TPSA) is 87.3 Å². The van der Waals surface area contributed by atoms with Crippen LogP contribution in [-0.2, 0) is 16.0 Å². The Bertz CT molecular complexity index is 913. The number of rotatable bonds is 5. The van der Waals surface area contributed by atoms with Crippen molar-refractivity contribution in [1.82, 2.24) is 10.6 Å². The number of halogens is 1. The third kappa shape index (κ3) is 3.95. The van der Waals surface area contributed by atoms with Crippen molar-refractivity contribution in [3.63, 3.8) is 0 Å². The fraction of sp³-hybridized carbons (Fsp3) is 0.250. The molecular weight excluding hydrogens is 366 g/mol. The Morgan fingerprint density at radius 1 is 1.15 bits per heavy atom. The standard InChI is InChI=1S/C20H18ClN3O3/c21-13-3-1-2-12(9-13)15-10-16(15)18(25)22-14-6-4-11(5-7-14)8-17-19(26)24-20(27)23-17/h1-7,9,15-17H,8,10H2,(H,22,25)(H2,23,24,26,27)/t15-,16+,17?/m1/s1. The molecule has 138 valence electrons. The molecule has 0 aromatic heterocycles. The zero-order valence-electron chi connectivity index (χ0n) is 14.4. The van der Waals surface area contributed by atoms with E-state index < -0.39 is 12.1 Å². The lowest BCUT2D eigenvalue weighted by Crippen LogP contribution is -2.31. The second kappa shape index (κ2) is 7.04. The van der Waals surface area contributed by atoms with Gasteiger partial charge >= 0.3 is 6.03 Å². The lowest BCUT2D eigenvalue weighted by molar-refractivity contribution is -0.120. The molecule has 4 amide bonds. The number of imide groups is 1. The van der Waals surface area contributed by atoms with E-state index in [0.29, 0.717) is 17.1 Å². The molecule has 27 heavy (non-hydrogen) atoms. The van der Waals surface area contributed by atoms with Gasteiger partial charge in [0, 0.05) is 23.0 Å². The Morgan fingerprint density at radius 3 is 2.59 bits per heavy atom. The molecule has 4 rings (SSSR count). The first-order valence-electron chi connectivity index (χ1n) is 8.76. The quantitative estimate of drug-likeness (QED) is 0.694. The van der Waals surface area contributed by atoms with Gasteiger partial charge in [-0.25, -0.2) is 4.79 Å². The summed E-state index contributed by atoms with van der Waals surface area (Å²) in [6.45, 7) is 0. The van der Waals surface area contributed by atoms with Crippen molar-refractivity contribution in [3.05, 3.63) is 64.7 Å². The summed E-state index contributed by atoms with van der Waals surface area (Å²) in [5.41, 5.74) is 2.70. The Morgan fingerprint density at radius 2 is 1.93 bits per heavy atom. The first-order chi connectivity index (χ1) is 13.0. The maximum Gasteiger partial charge on any atom is 0.322 e. The molecular formula is C20H18ClN3O3. The van der Waals surface area contributed by atoms with Crippen LogP contribution >= 0.6 is 11.6 Å². The van der Waals surface area contributed by atoms with Gasteiger partial charge in [-0.15, -0.1) is 0 Å². The second-order valence-electron chi connectivity index (χ2n) is 6.91. The molecule has 1 saturated carbocycles. The van der Waals surface area contributed by atoms with Crippen molar-refractivity contribution < 1.29 is 14.4 Å². The normalized spacial score (nSPS) is 23.5. The van der Waals surface area contributed by atoms with E-state index in [-0.39, 0.29) is 23.7 Å². The Hall–Kier alpha value is -2.86. The van der Waals surface area contributed by atoms with E-state index in [1.807, 2.05) is 36.4 Å². The lowest BCUT2D eigenvalue weighted by atomic mass is 10.1. The first-order valence-corrected chi connectivity index (χ1v) is 9.14. The van der Waals surface area contributed by atoms with E-state index in [4.69, 9.17) is 11.6 Å². The average Bonchev–Trinajstić information content (AvgIpc) is 3.37. The predicted octanol–water partition coefficient (Wildman–Crippen LogP) is 2.83. The number of carbonyl (C=O) groups is 3. The van der Waals surface area contributed by atoms with Gasteiger partial charge in [0.1, 0.15) is 6.04 Å². The van der Waals surface area contributed by atoms with Gasteiger partial charge in [-0.05, 0) is 47.7 Å². The molecule has 1 aliphatic heterocycles. The Labute approximate surface area is 161 Å². The van der Waals surface area contributed by atoms with Crippen LogP contribution in [0.4, 0.5) is 10.5 Å². The van der Waals surface area contributed by atoms with Crippen LogP contribution in [-0.4, -0.2) is 23.9 Å². The molecule has 0 spiro atoms. The van der Waals surface area contributed by atoms with Gasteiger partial charge in [-0.3, -0.25) is 14.9 Å². The summed E-state index contributed by atoms with van der Waals surface area (Å²) in [6, 6.07) is 13.9. The van der Waals surface area contributed by atoms with Gasteiger partial charge in [0.2, 0.25) is 5.91 Å². The van der Waals surface area contributed by atoms with Crippen molar-refractivity contribution in [2.24, 2.45) is 5.92 Å². The molecule has 2 aliphatic rings. The van der Waals surface area contributed by atoms with Crippen LogP contribution in [0.5, 0.6) is 0 Å². The molecule has 0 bridgehead atoms. The monoisotopic (exact) mass is 383 g/mol. The first kappa shape index (κ1) is 17.5. The van der Waals surface area contributed by atoms with E-state index in [9.17, 15) is 14.4 Å². The Balaban J connectivity index is 1.33. The number of urea groups is 1. The van der Waals surface area contributed by atoms with Crippen LogP contribution in [0.15, 0.2) is 48.5 Å². The molecule has 0 radical (unpaired) electrons. The minimum absolute atomic E-state index is 0.00448. The summed E-state index contributed by atoms with van der Waals surface area (Å²) in [6.07, 6.45) is 1.23. The largest absolute Gasteiger partial charge is 0.326 e. The van der Waals surface area contributed by atoms with Gasteiger partial charge in [0.15, 0.2) is 0 Å². The maximum atomic E-state index is 12.4. The number of benzene rings is 2. The molecule has 2 aromatic rings. The van der Waals surface area contributed by atoms with E-state index in [1.165, 1.54) is 0 Å². The number of carbonyl (C=O) groups excluding carboxylic acids is 3. The molecule has 2 fully saturated rings. The van der Waals surface area contributed by atoms with E-state index >= 15 is 0 Å². The summed E-state index contributed by atoms with van der Waals surface area (Å²) >= 11 is 6.02. The van der Waals surface area contributed by atoms with E-state index in [0.717, 1.165) is 17.5 Å². The number of nitrogens with one attached hydrogen (secondary N) is 3. The highest BCUT2D eigenvalue weighted by atomic mass is 35.5. The van der Waals surface area contributed by atoms with Crippen LogP contribution in [0.2, 0.25) is 5.02 Å². The average molecular weight is 384 g/mol. The molecule has 1 saturated heterocycles. The van der Waals surface area contributed by atoms with Crippen LogP contribution in [0.1, 0.15) is 23.5 Å². The summed E-state index contributed by atoms with van der Waals surface area (Å²) in [5, 5.41) is 8.39. The fourth-order valence-electron chi connectivity index (χ4n) is 3.39. The van der Waals surface area contributed by atoms with Crippen LogP contribution in [0.25, 0.3) is 0 Å². The maximum absolute atomic E-state index is 12.4. The summed E-state index contributed by atoms with van der Waals surface area (Å²) in [4.78, 5) is 35.2. The molecule has 2 aromatic carbocycles. The highest BCUT2D eigenvalue weighted by molar-refractivity contribution is 6.30. The summed E-state index contributed by atoms with van der Waals surface area (Å²) < 4.78 is 0. The van der Waals surface area contributed by atoms with Crippen LogP contribution in [0.3, 0.4) is 0 Å². The molecule has 3 atom stereocenters. The third-order valence-electron chi connectivity index (χ3n) is 4.92. The molecule has 1 heterocycles. The molecule has 1 unspecified atom stereocenters. The van der Waals surface area contributed by atoms with Crippen molar-refractivity contribution in [1.29, 1.82) is 0 Å². The van der Waals surface area contributed by atoms with Crippen molar-refractivity contribution in [2.45, 2.75) is 24.8 Å². The number of hydrogen-bond donors (Lipinski definition) is 3. The third-order valence-corrected chi connectivity index (χ3v) is 5.16. The van der Waals surface area contributed by atoms with Crippen molar-refractivity contribution in [3.8, 4) is 0 Å². The Kier molecular flexibility index (Phi) is 4.58. The van der Waals surface area contributed by atoms with Crippen molar-refractivity contribution in [2.75, 3.05) is 5.32 Å². The highest BCUT2D eigenvalue weighted by Gasteiger charge is 2.44. The minimum Gasteiger partial charge on any atom is -0.326 e. The predicted molar refractivity (Wildman–Crippen MR) is 102 cm³/mol. The summed E-state index contributed by atoms with van der Waals surface area (Å²) in [7, 11) is 0. The minimum atomic E-state index is -0.553. The molecule has 6 nitrogen and oxygen atoms in total. The van der Waals surface area contributed by atoms with Gasteiger partial charge in [0.05, 0.1) is 0 Å². The molecule has 1 aliphatic carbocycles. The summed E-state index contributed by atoms with van der Waals surface area (Å²) in [5.74, 6) is -0.152. The van der Waals surface area contributed by atoms with Crippen molar-refractivity contribution >= 4 is 35.1 Å². The lowest BCUT2D eigenvalue weighted by Gasteiger charge is -2.09. The zero-order chi connectivity index (χ0) is 19.0. The van der Waals surface area contributed by atoms with Crippen LogP contribution < -0.4 is 16.0 Å². The fourth-order valence-corrected chi connectivity index (χ4v) is 3.59. The molecule has 3 N–H and O–H groups in total. The van der Waals surface area contributed by atoms with E-state index in [1.54, 1.807) is 12.1 Å². The van der Waals surface area contributed by atoms with Crippen LogP contribution in [0, 0.1) is 5.92 Å². The highest BCUT2D eigenvalue weighted by Crippen LogP contribution is 2.48. The zero-order valence-corrected chi connectivity index (χ0v) is 15.1. The molecule has 7 heteroatoms. The number of hydrogen-bond acceptors (Lipinski definition) is 3. The van der Waals surface area contributed by atoms with Gasteiger partial charge in [0.25, 0.3) is 5.91 Å². The smallest absolute Gasteiger partial charge is 0.322 e. The van der Waals surface area contributed by atoms with E-state index in [2.05, 4.69) is 16.0 Å². The number of amides is 4.